The second-order valence-corrected chi connectivity index (χ2v) is 11.0. The Hall–Kier alpha value is -3.18. The molecule has 194 valence electrons. The molecule has 0 radical (unpaired) electrons. The van der Waals surface area contributed by atoms with Gasteiger partial charge >= 0.3 is 0 Å². The van der Waals surface area contributed by atoms with Crippen LogP contribution < -0.4 is 25.0 Å². The van der Waals surface area contributed by atoms with E-state index < -0.39 is 57.4 Å². The van der Waals surface area contributed by atoms with Crippen LogP contribution in [0.1, 0.15) is 27.7 Å². The highest BCUT2D eigenvalue weighted by molar-refractivity contribution is 7.86. The molecule has 0 aromatic heterocycles. The number of nitrogens with zero attached hydrogens (tertiary/aromatic N) is 1. The fraction of sp³-hybridized carbons (Fsp3) is 0.375. The number of carbonyl (C=O) groups excluding carboxylic acids is 3. The maximum atomic E-state index is 13.7. The van der Waals surface area contributed by atoms with Gasteiger partial charge in [-0.05, 0) is 58.0 Å². The Balaban J connectivity index is 1.71. The van der Waals surface area contributed by atoms with Gasteiger partial charge in [0, 0.05) is 33.8 Å². The second-order valence-electron chi connectivity index (χ2n) is 9.12. The molecule has 3 rings (SSSR count). The minimum atomic E-state index is -1.90. The molecule has 0 aliphatic carbocycles. The summed E-state index contributed by atoms with van der Waals surface area (Å²) < 4.78 is 36.9. The average Bonchev–Trinajstić information content (AvgIpc) is 3.22. The van der Waals surface area contributed by atoms with Crippen LogP contribution >= 0.6 is 11.6 Å². The average molecular weight is 540 g/mol. The van der Waals surface area contributed by atoms with Crippen molar-refractivity contribution < 1.29 is 32.5 Å². The van der Waals surface area contributed by atoms with Crippen LogP contribution in [0.5, 0.6) is 11.5 Å². The van der Waals surface area contributed by atoms with Crippen molar-refractivity contribution in [3.8, 4) is 11.5 Å². The van der Waals surface area contributed by atoms with E-state index in [0.29, 0.717) is 17.2 Å². The molecule has 2 N–H and O–H groups in total. The van der Waals surface area contributed by atoms with Crippen molar-refractivity contribution in [1.29, 1.82) is 0 Å². The molecule has 0 saturated heterocycles. The topological polar surface area (TPSA) is 114 Å². The van der Waals surface area contributed by atoms with E-state index in [1.807, 2.05) is 0 Å². The van der Waals surface area contributed by atoms with E-state index in [4.69, 9.17) is 21.1 Å². The summed E-state index contributed by atoms with van der Waals surface area (Å²) in [6.45, 7) is 6.93. The lowest BCUT2D eigenvalue weighted by atomic mass is 10.1. The van der Waals surface area contributed by atoms with E-state index in [9.17, 15) is 23.0 Å². The van der Waals surface area contributed by atoms with Crippen molar-refractivity contribution in [3.63, 3.8) is 0 Å². The smallest absolute Gasteiger partial charge is 0.243 e. The zero-order valence-corrected chi connectivity index (χ0v) is 21.8. The minimum Gasteiger partial charge on any atom is -0.454 e. The molecule has 1 heterocycles. The summed E-state index contributed by atoms with van der Waals surface area (Å²) in [5.74, 6) is -2.41. The molecule has 3 amide bonds. The number of benzene rings is 2. The van der Waals surface area contributed by atoms with Gasteiger partial charge in [-0.2, -0.15) is 0 Å². The Kier molecular flexibility index (Phi) is 8.57. The maximum absolute atomic E-state index is 13.7. The molecule has 0 bridgehead atoms. The van der Waals surface area contributed by atoms with E-state index in [-0.39, 0.29) is 17.5 Å². The highest BCUT2D eigenvalue weighted by atomic mass is 35.5. The van der Waals surface area contributed by atoms with Crippen molar-refractivity contribution in [2.24, 2.45) is 0 Å². The van der Waals surface area contributed by atoms with Gasteiger partial charge in [-0.25, -0.2) is 4.39 Å². The third kappa shape index (κ3) is 7.17. The van der Waals surface area contributed by atoms with Gasteiger partial charge in [0.05, 0.1) is 5.02 Å². The maximum Gasteiger partial charge on any atom is 0.243 e. The van der Waals surface area contributed by atoms with E-state index in [2.05, 4.69) is 10.6 Å². The summed E-state index contributed by atoms with van der Waals surface area (Å²) in [6.07, 6.45) is 0. The molecule has 2 aromatic carbocycles. The molecule has 1 aliphatic rings. The largest absolute Gasteiger partial charge is 0.454 e. The SMILES string of the molecule is CC(C(=O)NC(C)(C)C)N(C(=O)CS(=O)CC(=O)Nc1ccc2c(c1)OCO2)c1ccc(F)c(Cl)c1. The normalized spacial score (nSPS) is 14.1. The van der Waals surface area contributed by atoms with Gasteiger partial charge in [0.1, 0.15) is 23.4 Å². The van der Waals surface area contributed by atoms with Crippen molar-refractivity contribution >= 4 is 51.5 Å². The number of ether oxygens (including phenoxy) is 2. The molecular weight excluding hydrogens is 513 g/mol. The van der Waals surface area contributed by atoms with Crippen molar-refractivity contribution in [3.05, 3.63) is 47.2 Å². The first-order chi connectivity index (χ1) is 16.8. The lowest BCUT2D eigenvalue weighted by Crippen LogP contribution is -2.53. The summed E-state index contributed by atoms with van der Waals surface area (Å²) in [7, 11) is -1.90. The van der Waals surface area contributed by atoms with Crippen LogP contribution in [0.15, 0.2) is 36.4 Å². The van der Waals surface area contributed by atoms with Gasteiger partial charge in [0.2, 0.25) is 24.5 Å². The number of hydrogen-bond acceptors (Lipinski definition) is 6. The van der Waals surface area contributed by atoms with Crippen LogP contribution in [0.3, 0.4) is 0 Å². The summed E-state index contributed by atoms with van der Waals surface area (Å²) in [4.78, 5) is 39.5. The molecule has 12 heteroatoms. The predicted octanol–water partition coefficient (Wildman–Crippen LogP) is 3.23. The molecule has 2 aromatic rings. The summed E-state index contributed by atoms with van der Waals surface area (Å²) in [5.41, 5.74) is 0.00302. The van der Waals surface area contributed by atoms with Gasteiger partial charge in [0.25, 0.3) is 0 Å². The molecule has 1 aliphatic heterocycles. The molecule has 0 spiro atoms. The lowest BCUT2D eigenvalue weighted by molar-refractivity contribution is -0.126. The van der Waals surface area contributed by atoms with Crippen LogP contribution in [-0.4, -0.2) is 51.8 Å². The van der Waals surface area contributed by atoms with Crippen molar-refractivity contribution in [2.45, 2.75) is 39.3 Å². The fourth-order valence-electron chi connectivity index (χ4n) is 3.39. The van der Waals surface area contributed by atoms with Crippen LogP contribution in [0.25, 0.3) is 0 Å². The number of anilines is 2. The van der Waals surface area contributed by atoms with E-state index in [1.165, 1.54) is 19.1 Å². The van der Waals surface area contributed by atoms with E-state index in [1.54, 1.807) is 39.0 Å². The molecule has 2 atom stereocenters. The number of carbonyl (C=O) groups is 3. The Bertz CT molecular complexity index is 1200. The zero-order valence-electron chi connectivity index (χ0n) is 20.2. The fourth-order valence-corrected chi connectivity index (χ4v) is 4.44. The summed E-state index contributed by atoms with van der Waals surface area (Å²) in [6, 6.07) is 7.37. The number of fused-ring (bicyclic) bond motifs is 1. The Morgan fingerprint density at radius 1 is 1.11 bits per heavy atom. The van der Waals surface area contributed by atoms with Crippen molar-refractivity contribution in [2.75, 3.05) is 28.5 Å². The Morgan fingerprint density at radius 3 is 2.47 bits per heavy atom. The molecule has 0 fully saturated rings. The number of amides is 3. The number of hydrogen-bond donors (Lipinski definition) is 2. The van der Waals surface area contributed by atoms with Gasteiger partial charge in [-0.1, -0.05) is 11.6 Å². The van der Waals surface area contributed by atoms with Crippen LogP contribution in [0, 0.1) is 5.82 Å². The Labute approximate surface area is 215 Å². The first-order valence-corrected chi connectivity index (χ1v) is 12.8. The van der Waals surface area contributed by atoms with Crippen LogP contribution in [0.2, 0.25) is 5.02 Å². The molecule has 36 heavy (non-hydrogen) atoms. The summed E-state index contributed by atoms with van der Waals surface area (Å²) >= 11 is 5.90. The molecule has 9 nitrogen and oxygen atoms in total. The second kappa shape index (κ2) is 11.3. The first-order valence-electron chi connectivity index (χ1n) is 11.0. The number of rotatable bonds is 8. The molecule has 0 saturated carbocycles. The highest BCUT2D eigenvalue weighted by Gasteiger charge is 2.31. The van der Waals surface area contributed by atoms with Gasteiger partial charge in [-0.3, -0.25) is 23.5 Å². The van der Waals surface area contributed by atoms with E-state index >= 15 is 0 Å². The quantitative estimate of drug-likeness (QED) is 0.532. The standard InChI is InChI=1S/C24H27ClFN3O6S/c1-14(23(32)28-24(2,3)4)29(16-6-7-18(26)17(25)10-16)22(31)12-36(33)11-21(30)27-15-5-8-19-20(9-15)35-13-34-19/h5-10,14H,11-13H2,1-4H3,(H,27,30)(H,28,32). The number of halogens is 2. The minimum absolute atomic E-state index is 0.0842. The van der Waals surface area contributed by atoms with Gasteiger partial charge in [0.15, 0.2) is 11.5 Å². The third-order valence-electron chi connectivity index (χ3n) is 4.95. The molecule has 2 unspecified atom stereocenters. The third-order valence-corrected chi connectivity index (χ3v) is 6.39. The van der Waals surface area contributed by atoms with Crippen molar-refractivity contribution in [1.82, 2.24) is 5.32 Å². The monoisotopic (exact) mass is 539 g/mol. The lowest BCUT2D eigenvalue weighted by Gasteiger charge is -2.31. The Morgan fingerprint density at radius 2 is 1.81 bits per heavy atom. The highest BCUT2D eigenvalue weighted by Crippen LogP contribution is 2.34. The van der Waals surface area contributed by atoms with Gasteiger partial charge < -0.3 is 20.1 Å². The molecular formula is C24H27ClFN3O6S. The van der Waals surface area contributed by atoms with E-state index in [0.717, 1.165) is 11.0 Å². The number of nitrogens with one attached hydrogen (secondary N) is 2. The zero-order chi connectivity index (χ0) is 26.6. The summed E-state index contributed by atoms with van der Waals surface area (Å²) in [5, 5.41) is 5.15. The van der Waals surface area contributed by atoms with Crippen LogP contribution in [-0.2, 0) is 25.2 Å². The van der Waals surface area contributed by atoms with Gasteiger partial charge in [-0.15, -0.1) is 0 Å². The van der Waals surface area contributed by atoms with Crippen LogP contribution in [0.4, 0.5) is 15.8 Å². The first kappa shape index (κ1) is 27.4. The predicted molar refractivity (Wildman–Crippen MR) is 135 cm³/mol.